The molecule has 3 fully saturated rings. The van der Waals surface area contributed by atoms with Crippen LogP contribution >= 0.6 is 0 Å². The van der Waals surface area contributed by atoms with Crippen LogP contribution in [0.5, 0.6) is 0 Å². The van der Waals surface area contributed by atoms with Gasteiger partial charge in [0, 0.05) is 20.3 Å². The van der Waals surface area contributed by atoms with Crippen LogP contribution in [0.25, 0.3) is 0 Å². The van der Waals surface area contributed by atoms with Crippen LogP contribution in [-0.4, -0.2) is 32.6 Å². The third-order valence-electron chi connectivity index (χ3n) is 5.78. The molecule has 0 saturated heterocycles. The van der Waals surface area contributed by atoms with Gasteiger partial charge in [0.05, 0.1) is 6.04 Å². The molecule has 3 saturated carbocycles. The van der Waals surface area contributed by atoms with E-state index >= 15 is 0 Å². The van der Waals surface area contributed by atoms with E-state index in [4.69, 9.17) is 9.47 Å². The molecule has 0 heterocycles. The van der Waals surface area contributed by atoms with Crippen LogP contribution < -0.4 is 5.32 Å². The van der Waals surface area contributed by atoms with Gasteiger partial charge in [-0.05, 0) is 56.3 Å². The minimum absolute atomic E-state index is 0.122. The first-order valence-electron chi connectivity index (χ1n) is 7.56. The smallest absolute Gasteiger partial charge is 0.171 e. The van der Waals surface area contributed by atoms with E-state index in [1.807, 2.05) is 0 Å². The number of fused-ring (bicyclic) bond motifs is 5. The topological polar surface area (TPSA) is 30.5 Å². The van der Waals surface area contributed by atoms with Crippen LogP contribution in [0.15, 0.2) is 0 Å². The van der Waals surface area contributed by atoms with Crippen molar-refractivity contribution in [2.24, 2.45) is 23.7 Å². The summed E-state index contributed by atoms with van der Waals surface area (Å²) in [7, 11) is 3.44. The average Bonchev–Trinajstić information content (AvgIpc) is 3.01. The van der Waals surface area contributed by atoms with Crippen molar-refractivity contribution in [1.82, 2.24) is 5.32 Å². The lowest BCUT2D eigenvalue weighted by Crippen LogP contribution is -2.49. The monoisotopic (exact) mass is 253 g/mol. The molecule has 6 unspecified atom stereocenters. The summed E-state index contributed by atoms with van der Waals surface area (Å²) in [6.45, 7) is 2.18. The summed E-state index contributed by atoms with van der Waals surface area (Å²) in [5.41, 5.74) is 0. The van der Waals surface area contributed by atoms with Crippen LogP contribution in [0.1, 0.15) is 39.0 Å². The van der Waals surface area contributed by atoms with Gasteiger partial charge < -0.3 is 14.8 Å². The zero-order valence-electron chi connectivity index (χ0n) is 11.9. The molecular weight excluding hydrogens is 226 g/mol. The second-order valence-electron chi connectivity index (χ2n) is 6.56. The molecule has 0 amide bonds. The van der Waals surface area contributed by atoms with E-state index in [0.717, 1.165) is 23.7 Å². The molecule has 3 nitrogen and oxygen atoms in total. The summed E-state index contributed by atoms with van der Waals surface area (Å²) in [6.07, 6.45) is 7.20. The average molecular weight is 253 g/mol. The van der Waals surface area contributed by atoms with Crippen LogP contribution in [0.2, 0.25) is 0 Å². The second-order valence-corrected chi connectivity index (χ2v) is 6.56. The quantitative estimate of drug-likeness (QED) is 0.763. The highest BCUT2D eigenvalue weighted by Crippen LogP contribution is 2.58. The van der Waals surface area contributed by atoms with Gasteiger partial charge in [0.15, 0.2) is 6.29 Å². The molecule has 18 heavy (non-hydrogen) atoms. The van der Waals surface area contributed by atoms with Gasteiger partial charge in [0.1, 0.15) is 0 Å². The van der Waals surface area contributed by atoms with E-state index in [2.05, 4.69) is 12.2 Å². The Morgan fingerprint density at radius 1 is 1.00 bits per heavy atom. The van der Waals surface area contributed by atoms with E-state index in [1.165, 1.54) is 32.1 Å². The molecule has 3 rings (SSSR count). The molecule has 3 heteroatoms. The molecule has 0 aliphatic heterocycles. The predicted octanol–water partition coefficient (Wildman–Crippen LogP) is 2.41. The largest absolute Gasteiger partial charge is 0.354 e. The summed E-state index contributed by atoms with van der Waals surface area (Å²) < 4.78 is 10.7. The molecule has 1 N–H and O–H groups in total. The van der Waals surface area contributed by atoms with E-state index in [1.54, 1.807) is 14.2 Å². The maximum atomic E-state index is 5.35. The fourth-order valence-electron chi connectivity index (χ4n) is 5.18. The third-order valence-corrected chi connectivity index (χ3v) is 5.78. The van der Waals surface area contributed by atoms with Crippen molar-refractivity contribution in [2.45, 2.75) is 57.4 Å². The summed E-state index contributed by atoms with van der Waals surface area (Å²) in [5, 5.41) is 3.77. The zero-order valence-corrected chi connectivity index (χ0v) is 11.9. The van der Waals surface area contributed by atoms with Crippen LogP contribution in [0.4, 0.5) is 0 Å². The highest BCUT2D eigenvalue weighted by Gasteiger charge is 2.53. The molecule has 0 spiro atoms. The van der Waals surface area contributed by atoms with Gasteiger partial charge in [-0.2, -0.15) is 0 Å². The Kier molecular flexibility index (Phi) is 3.65. The van der Waals surface area contributed by atoms with Gasteiger partial charge in [0.25, 0.3) is 0 Å². The highest BCUT2D eigenvalue weighted by molar-refractivity contribution is 5.05. The Balaban J connectivity index is 1.59. The Bertz CT molecular complexity index is 292. The van der Waals surface area contributed by atoms with Gasteiger partial charge in [-0.3, -0.25) is 0 Å². The first kappa shape index (κ1) is 12.9. The standard InChI is InChI=1S/C15H27NO2/c1-9(15(17-2)18-3)16-14-8-10-7-13(14)12-6-4-5-11(10)12/h9-16H,4-8H2,1-3H3. The van der Waals surface area contributed by atoms with E-state index in [9.17, 15) is 0 Å². The lowest BCUT2D eigenvalue weighted by molar-refractivity contribution is -0.122. The molecule has 0 aromatic rings. The number of ether oxygens (including phenoxy) is 2. The second kappa shape index (κ2) is 5.10. The molecule has 0 aromatic carbocycles. The molecule has 2 bridgehead atoms. The molecule has 104 valence electrons. The zero-order chi connectivity index (χ0) is 12.7. The summed E-state index contributed by atoms with van der Waals surface area (Å²) in [5.74, 6) is 4.04. The third kappa shape index (κ3) is 2.00. The number of hydrogen-bond donors (Lipinski definition) is 1. The lowest BCUT2D eigenvalue weighted by Gasteiger charge is -2.35. The van der Waals surface area contributed by atoms with Gasteiger partial charge in [-0.15, -0.1) is 0 Å². The van der Waals surface area contributed by atoms with Crippen molar-refractivity contribution in [3.05, 3.63) is 0 Å². The SMILES string of the molecule is COC(OC)C(C)NC1CC2CC1C1CCCC21. The van der Waals surface area contributed by atoms with Gasteiger partial charge in [0.2, 0.25) is 0 Å². The molecule has 3 aliphatic rings. The Morgan fingerprint density at radius 2 is 1.72 bits per heavy atom. The summed E-state index contributed by atoms with van der Waals surface area (Å²) in [6, 6.07) is 0.987. The fourth-order valence-corrected chi connectivity index (χ4v) is 5.18. The van der Waals surface area contributed by atoms with Crippen LogP contribution in [0.3, 0.4) is 0 Å². The van der Waals surface area contributed by atoms with Crippen molar-refractivity contribution >= 4 is 0 Å². The molecule has 0 aromatic heterocycles. The number of nitrogens with one attached hydrogen (secondary N) is 1. The number of rotatable bonds is 5. The first-order chi connectivity index (χ1) is 8.74. The molecule has 3 aliphatic carbocycles. The van der Waals surface area contributed by atoms with Crippen molar-refractivity contribution in [1.29, 1.82) is 0 Å². The maximum absolute atomic E-state index is 5.35. The van der Waals surface area contributed by atoms with E-state index in [0.29, 0.717) is 6.04 Å². The number of methoxy groups -OCH3 is 2. The minimum Gasteiger partial charge on any atom is -0.354 e. The molecular formula is C15H27NO2. The van der Waals surface area contributed by atoms with Gasteiger partial charge >= 0.3 is 0 Å². The van der Waals surface area contributed by atoms with Gasteiger partial charge in [-0.1, -0.05) is 6.42 Å². The summed E-state index contributed by atoms with van der Waals surface area (Å²) >= 11 is 0. The van der Waals surface area contributed by atoms with Crippen molar-refractivity contribution in [3.8, 4) is 0 Å². The van der Waals surface area contributed by atoms with Crippen molar-refractivity contribution in [2.75, 3.05) is 14.2 Å². The van der Waals surface area contributed by atoms with E-state index in [-0.39, 0.29) is 12.3 Å². The Labute approximate surface area is 111 Å². The maximum Gasteiger partial charge on any atom is 0.171 e. The first-order valence-corrected chi connectivity index (χ1v) is 7.56. The number of hydrogen-bond acceptors (Lipinski definition) is 3. The van der Waals surface area contributed by atoms with E-state index < -0.39 is 0 Å². The normalized spacial score (nSPS) is 43.7. The van der Waals surface area contributed by atoms with Crippen molar-refractivity contribution in [3.63, 3.8) is 0 Å². The summed E-state index contributed by atoms with van der Waals surface area (Å²) in [4.78, 5) is 0. The van der Waals surface area contributed by atoms with Crippen molar-refractivity contribution < 1.29 is 9.47 Å². The molecule has 0 radical (unpaired) electrons. The highest BCUT2D eigenvalue weighted by atomic mass is 16.7. The van der Waals surface area contributed by atoms with Gasteiger partial charge in [-0.25, -0.2) is 0 Å². The lowest BCUT2D eigenvalue weighted by atomic mass is 9.79. The fraction of sp³-hybridized carbons (Fsp3) is 1.00. The Hall–Kier alpha value is -0.120. The predicted molar refractivity (Wildman–Crippen MR) is 71.2 cm³/mol. The molecule has 6 atom stereocenters. The minimum atomic E-state index is -0.122. The van der Waals surface area contributed by atoms with Crippen LogP contribution in [0, 0.1) is 23.7 Å². The van der Waals surface area contributed by atoms with Crippen LogP contribution in [-0.2, 0) is 9.47 Å². The Morgan fingerprint density at radius 3 is 2.44 bits per heavy atom.